The molecule has 8 nitrogen and oxygen atoms in total. The van der Waals surface area contributed by atoms with Crippen molar-refractivity contribution in [3.63, 3.8) is 0 Å². The minimum Gasteiger partial charge on any atom is -0.320 e. The zero-order chi connectivity index (χ0) is 21.7. The lowest BCUT2D eigenvalue weighted by Gasteiger charge is -2.13. The monoisotopic (exact) mass is 429 g/mol. The van der Waals surface area contributed by atoms with Crippen LogP contribution in [0.25, 0.3) is 11.4 Å². The number of aromatic nitrogens is 3. The number of rotatable bonds is 8. The van der Waals surface area contributed by atoms with E-state index in [0.717, 1.165) is 11.8 Å². The number of hydrogen-bond acceptors (Lipinski definition) is 6. The van der Waals surface area contributed by atoms with Crippen molar-refractivity contribution in [3.8, 4) is 11.4 Å². The smallest absolute Gasteiger partial charge is 0.292 e. The molecule has 0 fully saturated rings. The molecule has 0 aliphatic heterocycles. The summed E-state index contributed by atoms with van der Waals surface area (Å²) in [6, 6.07) is 12.2. The van der Waals surface area contributed by atoms with E-state index in [9.17, 15) is 19.3 Å². The number of amides is 1. The van der Waals surface area contributed by atoms with Gasteiger partial charge in [-0.3, -0.25) is 14.9 Å². The van der Waals surface area contributed by atoms with Crippen LogP contribution < -0.4 is 5.32 Å². The molecule has 30 heavy (non-hydrogen) atoms. The molecule has 0 atom stereocenters. The predicted molar refractivity (Wildman–Crippen MR) is 113 cm³/mol. The summed E-state index contributed by atoms with van der Waals surface area (Å²) < 4.78 is 16.0. The Bertz CT molecular complexity index is 1070. The first kappa shape index (κ1) is 21.4. The molecule has 1 N–H and O–H groups in total. The number of nitrogens with zero attached hydrogens (tertiary/aromatic N) is 4. The maximum absolute atomic E-state index is 14.3. The van der Waals surface area contributed by atoms with Gasteiger partial charge in [-0.25, -0.2) is 4.39 Å². The Morgan fingerprint density at radius 3 is 2.60 bits per heavy atom. The van der Waals surface area contributed by atoms with Crippen LogP contribution in [-0.2, 0) is 11.3 Å². The van der Waals surface area contributed by atoms with Gasteiger partial charge in [-0.2, -0.15) is 0 Å². The van der Waals surface area contributed by atoms with Crippen LogP contribution in [0, 0.1) is 21.8 Å². The Labute approximate surface area is 176 Å². The molecule has 3 rings (SSSR count). The zero-order valence-corrected chi connectivity index (χ0v) is 17.2. The lowest BCUT2D eigenvalue weighted by Crippen LogP contribution is -2.16. The van der Waals surface area contributed by atoms with Crippen LogP contribution >= 0.6 is 11.8 Å². The number of thioether (sulfide) groups is 1. The molecule has 0 saturated heterocycles. The Hall–Kier alpha value is -3.27. The van der Waals surface area contributed by atoms with Crippen LogP contribution in [0.2, 0.25) is 0 Å². The maximum Gasteiger partial charge on any atom is 0.292 e. The molecule has 1 heterocycles. The number of nitro benzene ring substituents is 1. The van der Waals surface area contributed by atoms with Crippen LogP contribution in [0.5, 0.6) is 0 Å². The van der Waals surface area contributed by atoms with Crippen molar-refractivity contribution in [2.75, 3.05) is 11.1 Å². The van der Waals surface area contributed by atoms with Crippen molar-refractivity contribution in [2.24, 2.45) is 5.92 Å². The molecule has 156 valence electrons. The van der Waals surface area contributed by atoms with Gasteiger partial charge in [-0.15, -0.1) is 10.2 Å². The standard InChI is InChI=1S/C20H20FN5O3S/c1-13(2)11-25-19(14-7-3-4-8-15(14)21)23-24-20(25)30-12-18(27)22-16-9-5-6-10-17(16)26(28)29/h3-10,13H,11-12H2,1-2H3,(H,22,27). The fourth-order valence-electron chi connectivity index (χ4n) is 2.82. The van der Waals surface area contributed by atoms with E-state index in [-0.39, 0.29) is 23.0 Å². The van der Waals surface area contributed by atoms with E-state index in [1.54, 1.807) is 28.8 Å². The normalized spacial score (nSPS) is 10.9. The molecular weight excluding hydrogens is 409 g/mol. The summed E-state index contributed by atoms with van der Waals surface area (Å²) in [4.78, 5) is 22.9. The molecule has 0 radical (unpaired) electrons. The summed E-state index contributed by atoms with van der Waals surface area (Å²) in [6.45, 7) is 4.58. The highest BCUT2D eigenvalue weighted by atomic mass is 32.2. The van der Waals surface area contributed by atoms with Crippen LogP contribution in [0.15, 0.2) is 53.7 Å². The number of benzene rings is 2. The van der Waals surface area contributed by atoms with Crippen molar-refractivity contribution in [1.29, 1.82) is 0 Å². The molecule has 0 saturated carbocycles. The van der Waals surface area contributed by atoms with Gasteiger partial charge in [0.15, 0.2) is 11.0 Å². The van der Waals surface area contributed by atoms with Crippen LogP contribution in [0.3, 0.4) is 0 Å². The van der Waals surface area contributed by atoms with E-state index in [2.05, 4.69) is 15.5 Å². The van der Waals surface area contributed by atoms with Gasteiger partial charge >= 0.3 is 0 Å². The molecule has 0 unspecified atom stereocenters. The lowest BCUT2D eigenvalue weighted by atomic mass is 10.2. The molecule has 1 aromatic heterocycles. The number of halogens is 1. The summed E-state index contributed by atoms with van der Waals surface area (Å²) in [6.07, 6.45) is 0. The van der Waals surface area contributed by atoms with E-state index in [1.807, 2.05) is 13.8 Å². The number of nitro groups is 1. The Balaban J connectivity index is 1.78. The highest BCUT2D eigenvalue weighted by Crippen LogP contribution is 2.28. The second kappa shape index (κ2) is 9.49. The molecule has 2 aromatic carbocycles. The van der Waals surface area contributed by atoms with Crippen LogP contribution in [0.1, 0.15) is 13.8 Å². The Kier molecular flexibility index (Phi) is 6.78. The molecular formula is C20H20FN5O3S. The van der Waals surface area contributed by atoms with Crippen LogP contribution in [0.4, 0.5) is 15.8 Å². The maximum atomic E-state index is 14.3. The number of para-hydroxylation sites is 2. The third kappa shape index (κ3) is 5.01. The molecule has 1 amide bonds. The third-order valence-electron chi connectivity index (χ3n) is 4.09. The van der Waals surface area contributed by atoms with E-state index in [0.29, 0.717) is 23.1 Å². The zero-order valence-electron chi connectivity index (χ0n) is 16.4. The van der Waals surface area contributed by atoms with Crippen molar-refractivity contribution < 1.29 is 14.1 Å². The van der Waals surface area contributed by atoms with Gasteiger partial charge in [0, 0.05) is 12.6 Å². The average molecular weight is 429 g/mol. The first-order chi connectivity index (χ1) is 14.4. The largest absolute Gasteiger partial charge is 0.320 e. The molecule has 0 spiro atoms. The average Bonchev–Trinajstić information content (AvgIpc) is 3.08. The van der Waals surface area contributed by atoms with Crippen molar-refractivity contribution in [1.82, 2.24) is 14.8 Å². The number of hydrogen-bond donors (Lipinski definition) is 1. The van der Waals surface area contributed by atoms with Gasteiger partial charge in [0.2, 0.25) is 5.91 Å². The fraction of sp³-hybridized carbons (Fsp3) is 0.250. The number of carbonyl (C=O) groups is 1. The van der Waals surface area contributed by atoms with Crippen molar-refractivity contribution in [2.45, 2.75) is 25.5 Å². The van der Waals surface area contributed by atoms with E-state index >= 15 is 0 Å². The van der Waals surface area contributed by atoms with Gasteiger partial charge in [-0.1, -0.05) is 49.9 Å². The number of anilines is 1. The topological polar surface area (TPSA) is 103 Å². The van der Waals surface area contributed by atoms with Crippen molar-refractivity contribution >= 4 is 29.0 Å². The van der Waals surface area contributed by atoms with Gasteiger partial charge in [-0.05, 0) is 24.1 Å². The summed E-state index contributed by atoms with van der Waals surface area (Å²) in [5.74, 6) is -0.212. The summed E-state index contributed by atoms with van der Waals surface area (Å²) in [5.41, 5.74) is 0.284. The van der Waals surface area contributed by atoms with Gasteiger partial charge in [0.25, 0.3) is 5.69 Å². The number of carbonyl (C=O) groups excluding carboxylic acids is 1. The second-order valence-electron chi connectivity index (χ2n) is 6.90. The highest BCUT2D eigenvalue weighted by Gasteiger charge is 2.20. The lowest BCUT2D eigenvalue weighted by molar-refractivity contribution is -0.383. The van der Waals surface area contributed by atoms with E-state index in [1.165, 1.54) is 24.3 Å². The highest BCUT2D eigenvalue weighted by molar-refractivity contribution is 7.99. The van der Waals surface area contributed by atoms with Crippen molar-refractivity contribution in [3.05, 3.63) is 64.5 Å². The minimum absolute atomic E-state index is 0.0282. The molecule has 10 heteroatoms. The molecule has 0 aliphatic rings. The van der Waals surface area contributed by atoms with Crippen LogP contribution in [-0.4, -0.2) is 31.3 Å². The second-order valence-corrected chi connectivity index (χ2v) is 7.84. The first-order valence-corrected chi connectivity index (χ1v) is 10.2. The Morgan fingerprint density at radius 2 is 1.90 bits per heavy atom. The summed E-state index contributed by atoms with van der Waals surface area (Å²) in [7, 11) is 0. The quantitative estimate of drug-likeness (QED) is 0.324. The van der Waals surface area contributed by atoms with Gasteiger partial charge < -0.3 is 9.88 Å². The molecule has 0 aliphatic carbocycles. The van der Waals surface area contributed by atoms with E-state index in [4.69, 9.17) is 0 Å². The molecule has 0 bridgehead atoms. The first-order valence-electron chi connectivity index (χ1n) is 9.21. The Morgan fingerprint density at radius 1 is 1.20 bits per heavy atom. The SMILES string of the molecule is CC(C)Cn1c(SCC(=O)Nc2ccccc2[N+](=O)[O-])nnc1-c1ccccc1F. The molecule has 3 aromatic rings. The van der Waals surface area contributed by atoms with Gasteiger partial charge in [0.05, 0.1) is 16.2 Å². The van der Waals surface area contributed by atoms with E-state index < -0.39 is 16.6 Å². The van der Waals surface area contributed by atoms with Gasteiger partial charge in [0.1, 0.15) is 11.5 Å². The minimum atomic E-state index is -0.553. The fourth-order valence-corrected chi connectivity index (χ4v) is 3.57. The predicted octanol–water partition coefficient (Wildman–Crippen LogP) is 4.38. The summed E-state index contributed by atoms with van der Waals surface area (Å²) in [5, 5.41) is 22.4. The third-order valence-corrected chi connectivity index (χ3v) is 5.05. The summed E-state index contributed by atoms with van der Waals surface area (Å²) >= 11 is 1.14. The number of nitrogens with one attached hydrogen (secondary N) is 1.